The largest absolute Gasteiger partial charge is 0.573 e. The van der Waals surface area contributed by atoms with Crippen LogP contribution in [0.2, 0.25) is 0 Å². The highest BCUT2D eigenvalue weighted by Crippen LogP contribution is 2.30. The molecule has 2 aromatic heterocycles. The first kappa shape index (κ1) is 22.2. The molecule has 0 saturated heterocycles. The molecule has 11 heteroatoms. The van der Waals surface area contributed by atoms with Gasteiger partial charge in [-0.15, -0.1) is 13.2 Å². The molecule has 3 aromatic rings. The Morgan fingerprint density at radius 3 is 2.62 bits per heavy atom. The number of nitrogens with two attached hydrogens (primary N) is 1. The number of carbonyl (C=O) groups excluding carboxylic acids is 1. The Bertz CT molecular complexity index is 1020. The summed E-state index contributed by atoms with van der Waals surface area (Å²) in [4.78, 5) is 26.4. The summed E-state index contributed by atoms with van der Waals surface area (Å²) in [5.41, 5.74) is 4.98. The van der Waals surface area contributed by atoms with Crippen molar-refractivity contribution in [3.63, 3.8) is 0 Å². The molecule has 0 spiro atoms. The molecule has 0 aliphatic heterocycles. The van der Waals surface area contributed by atoms with Crippen molar-refractivity contribution in [2.45, 2.75) is 11.4 Å². The summed E-state index contributed by atoms with van der Waals surface area (Å²) >= 11 is 0.984. The van der Waals surface area contributed by atoms with Gasteiger partial charge in [0.25, 0.3) is 0 Å². The summed E-state index contributed by atoms with van der Waals surface area (Å²) in [5, 5.41) is 9.69. The number of carboxylic acids is 1. The SMILES string of the molecule is CN.O=Cc1cc2ccc(OC(F)(F)F)cc2n1-c1cccc(SCC(=O)O)n1. The van der Waals surface area contributed by atoms with Crippen LogP contribution in [-0.4, -0.2) is 46.1 Å². The summed E-state index contributed by atoms with van der Waals surface area (Å²) in [7, 11) is 1.50. The van der Waals surface area contributed by atoms with Crippen LogP contribution in [0.15, 0.2) is 47.5 Å². The van der Waals surface area contributed by atoms with Crippen LogP contribution in [0.3, 0.4) is 0 Å². The normalized spacial score (nSPS) is 10.9. The van der Waals surface area contributed by atoms with Crippen LogP contribution in [-0.2, 0) is 4.79 Å². The van der Waals surface area contributed by atoms with Crippen LogP contribution in [0.5, 0.6) is 5.75 Å². The van der Waals surface area contributed by atoms with Gasteiger partial charge in [0.05, 0.1) is 22.0 Å². The summed E-state index contributed by atoms with van der Waals surface area (Å²) in [6, 6.07) is 10.0. The quantitative estimate of drug-likeness (QED) is 0.458. The summed E-state index contributed by atoms with van der Waals surface area (Å²) in [6.45, 7) is 0. The maximum absolute atomic E-state index is 12.5. The number of fused-ring (bicyclic) bond motifs is 1. The van der Waals surface area contributed by atoms with Gasteiger partial charge in [0.15, 0.2) is 6.29 Å². The number of halogens is 3. The molecule has 154 valence electrons. The zero-order valence-corrected chi connectivity index (χ0v) is 15.8. The Labute approximate surface area is 167 Å². The van der Waals surface area contributed by atoms with E-state index in [9.17, 15) is 22.8 Å². The van der Waals surface area contributed by atoms with Crippen molar-refractivity contribution in [3.05, 3.63) is 48.2 Å². The number of aliphatic carboxylic acids is 1. The van der Waals surface area contributed by atoms with E-state index in [2.05, 4.69) is 15.5 Å². The number of hydrogen-bond donors (Lipinski definition) is 2. The zero-order valence-electron chi connectivity index (χ0n) is 15.0. The lowest BCUT2D eigenvalue weighted by atomic mass is 10.2. The first-order valence-corrected chi connectivity index (χ1v) is 9.01. The lowest BCUT2D eigenvalue weighted by Crippen LogP contribution is -2.17. The molecule has 0 bridgehead atoms. The molecule has 0 atom stereocenters. The molecule has 0 aliphatic rings. The van der Waals surface area contributed by atoms with Gasteiger partial charge < -0.3 is 15.6 Å². The highest BCUT2D eigenvalue weighted by atomic mass is 32.2. The monoisotopic (exact) mass is 427 g/mol. The standard InChI is InChI=1S/C17H11F3N2O4S.CH5N/c18-17(19,20)26-12-5-4-10-6-11(8-23)22(13(10)7-12)14-2-1-3-15(21-14)27-9-16(24)25;1-2/h1-8H,9H2,(H,24,25);2H2,1H3. The molecule has 0 unspecified atom stereocenters. The van der Waals surface area contributed by atoms with Crippen molar-refractivity contribution >= 4 is 34.9 Å². The molecule has 29 heavy (non-hydrogen) atoms. The predicted molar refractivity (Wildman–Crippen MR) is 102 cm³/mol. The van der Waals surface area contributed by atoms with Gasteiger partial charge in [-0.1, -0.05) is 17.8 Å². The molecule has 0 aliphatic carbocycles. The van der Waals surface area contributed by atoms with Crippen LogP contribution in [0.4, 0.5) is 13.2 Å². The van der Waals surface area contributed by atoms with Gasteiger partial charge in [0.1, 0.15) is 11.6 Å². The van der Waals surface area contributed by atoms with E-state index >= 15 is 0 Å². The van der Waals surface area contributed by atoms with Gasteiger partial charge in [-0.3, -0.25) is 14.2 Å². The number of nitrogens with zero attached hydrogens (tertiary/aromatic N) is 2. The van der Waals surface area contributed by atoms with E-state index in [1.807, 2.05) is 0 Å². The topological polar surface area (TPSA) is 107 Å². The second kappa shape index (κ2) is 9.43. The van der Waals surface area contributed by atoms with E-state index in [1.54, 1.807) is 18.2 Å². The number of aldehydes is 1. The molecule has 0 fully saturated rings. The third-order valence-corrected chi connectivity index (χ3v) is 4.35. The smallest absolute Gasteiger partial charge is 0.481 e. The Hall–Kier alpha value is -3.05. The van der Waals surface area contributed by atoms with Gasteiger partial charge in [0, 0.05) is 11.5 Å². The first-order chi connectivity index (χ1) is 13.8. The highest BCUT2D eigenvalue weighted by Gasteiger charge is 2.31. The molecule has 7 nitrogen and oxygen atoms in total. The van der Waals surface area contributed by atoms with E-state index in [0.717, 1.165) is 23.9 Å². The van der Waals surface area contributed by atoms with Crippen LogP contribution < -0.4 is 10.5 Å². The highest BCUT2D eigenvalue weighted by molar-refractivity contribution is 7.99. The Morgan fingerprint density at radius 2 is 2.00 bits per heavy atom. The molecule has 3 rings (SSSR count). The maximum Gasteiger partial charge on any atom is 0.573 e. The van der Waals surface area contributed by atoms with Gasteiger partial charge >= 0.3 is 12.3 Å². The van der Waals surface area contributed by atoms with Crippen molar-refractivity contribution in [2.75, 3.05) is 12.8 Å². The minimum atomic E-state index is -4.84. The lowest BCUT2D eigenvalue weighted by molar-refractivity contribution is -0.274. The molecule has 2 heterocycles. The summed E-state index contributed by atoms with van der Waals surface area (Å²) in [6.07, 6.45) is -4.28. The van der Waals surface area contributed by atoms with E-state index in [4.69, 9.17) is 5.11 Å². The average molecular weight is 427 g/mol. The molecule has 1 aromatic carbocycles. The van der Waals surface area contributed by atoms with Crippen LogP contribution in [0, 0.1) is 0 Å². The number of carboxylic acid groups (broad SMARTS) is 1. The van der Waals surface area contributed by atoms with Crippen LogP contribution in [0.25, 0.3) is 16.7 Å². The predicted octanol–water partition coefficient (Wildman–Crippen LogP) is 3.49. The van der Waals surface area contributed by atoms with Crippen molar-refractivity contribution in [2.24, 2.45) is 5.73 Å². The molecule has 0 radical (unpaired) electrons. The second-order valence-electron chi connectivity index (χ2n) is 5.31. The molecular weight excluding hydrogens is 411 g/mol. The van der Waals surface area contributed by atoms with Crippen LogP contribution >= 0.6 is 11.8 Å². The zero-order chi connectivity index (χ0) is 21.6. The maximum atomic E-state index is 12.5. The van der Waals surface area contributed by atoms with Gasteiger partial charge in [0.2, 0.25) is 0 Å². The number of benzene rings is 1. The van der Waals surface area contributed by atoms with Crippen molar-refractivity contribution in [3.8, 4) is 11.6 Å². The molecule has 0 amide bonds. The van der Waals surface area contributed by atoms with E-state index < -0.39 is 18.1 Å². The van der Waals surface area contributed by atoms with Gasteiger partial charge in [-0.05, 0) is 37.4 Å². The number of rotatable bonds is 6. The Kier molecular flexibility index (Phi) is 7.23. The van der Waals surface area contributed by atoms with Crippen molar-refractivity contribution in [1.82, 2.24) is 9.55 Å². The lowest BCUT2D eigenvalue weighted by Gasteiger charge is -2.11. The number of pyridine rings is 1. The van der Waals surface area contributed by atoms with E-state index in [1.165, 1.54) is 23.7 Å². The minimum Gasteiger partial charge on any atom is -0.481 e. The number of hydrogen-bond acceptors (Lipinski definition) is 6. The fourth-order valence-electron chi connectivity index (χ4n) is 2.49. The summed E-state index contributed by atoms with van der Waals surface area (Å²) in [5.74, 6) is -1.37. The number of ether oxygens (including phenoxy) is 1. The fourth-order valence-corrected chi connectivity index (χ4v) is 3.09. The average Bonchev–Trinajstić information content (AvgIpc) is 3.05. The minimum absolute atomic E-state index is 0.182. The summed E-state index contributed by atoms with van der Waals surface area (Å²) < 4.78 is 42.8. The Morgan fingerprint density at radius 1 is 1.28 bits per heavy atom. The van der Waals surface area contributed by atoms with E-state index in [-0.39, 0.29) is 17.3 Å². The first-order valence-electron chi connectivity index (χ1n) is 8.03. The van der Waals surface area contributed by atoms with Crippen molar-refractivity contribution < 1.29 is 32.6 Å². The number of alkyl halides is 3. The van der Waals surface area contributed by atoms with E-state index in [0.29, 0.717) is 22.2 Å². The molecule has 3 N–H and O–H groups in total. The number of thioether (sulfide) groups is 1. The van der Waals surface area contributed by atoms with Crippen LogP contribution in [0.1, 0.15) is 10.5 Å². The fraction of sp³-hybridized carbons (Fsp3) is 0.167. The number of aromatic nitrogens is 2. The molecule has 0 saturated carbocycles. The third-order valence-electron chi connectivity index (χ3n) is 3.44. The number of carbonyl (C=O) groups is 2. The van der Waals surface area contributed by atoms with Gasteiger partial charge in [-0.25, -0.2) is 4.98 Å². The van der Waals surface area contributed by atoms with Gasteiger partial charge in [-0.2, -0.15) is 0 Å². The second-order valence-corrected chi connectivity index (χ2v) is 6.30. The van der Waals surface area contributed by atoms with Crippen molar-refractivity contribution in [1.29, 1.82) is 0 Å². The third kappa shape index (κ3) is 5.72. The molecular formula is C18H16F3N3O4S. The Balaban J connectivity index is 0.00000145.